The van der Waals surface area contributed by atoms with Crippen molar-refractivity contribution in [2.24, 2.45) is 5.41 Å². The molecule has 2 rings (SSSR count). The summed E-state index contributed by atoms with van der Waals surface area (Å²) >= 11 is 2.81. The number of carbonyl (C=O) groups is 1. The molecular weight excluding hydrogens is 294 g/mol. The molecule has 0 atom stereocenters. The molecule has 0 amide bonds. The van der Waals surface area contributed by atoms with Crippen LogP contribution in [0.4, 0.5) is 0 Å². The van der Waals surface area contributed by atoms with E-state index < -0.39 is 5.97 Å². The summed E-state index contributed by atoms with van der Waals surface area (Å²) in [5.74, 6) is -0.0482. The van der Waals surface area contributed by atoms with E-state index in [1.165, 1.54) is 11.8 Å². The van der Waals surface area contributed by atoms with E-state index in [1.807, 2.05) is 22.1 Å². The first-order valence-corrected chi connectivity index (χ1v) is 8.05. The van der Waals surface area contributed by atoms with Crippen molar-refractivity contribution >= 4 is 29.1 Å². The van der Waals surface area contributed by atoms with E-state index in [2.05, 4.69) is 31.0 Å². The molecule has 2 heterocycles. The number of hydrogen-bond donors (Lipinski definition) is 1. The molecule has 0 aliphatic rings. The number of aromatic nitrogens is 3. The molecule has 0 spiro atoms. The molecule has 0 saturated heterocycles. The smallest absolute Gasteiger partial charge is 0.313 e. The van der Waals surface area contributed by atoms with E-state index in [4.69, 9.17) is 5.11 Å². The normalized spacial score (nSPS) is 11.8. The number of carboxylic acid groups (broad SMARTS) is 1. The Balaban J connectivity index is 2.35. The van der Waals surface area contributed by atoms with Gasteiger partial charge in [-0.25, -0.2) is 0 Å². The van der Waals surface area contributed by atoms with Gasteiger partial charge in [0.05, 0.1) is 10.6 Å². The molecule has 0 aliphatic heterocycles. The van der Waals surface area contributed by atoms with Crippen molar-refractivity contribution in [3.8, 4) is 10.7 Å². The second-order valence-corrected chi connectivity index (χ2v) is 7.50. The number of aliphatic carboxylic acids is 1. The van der Waals surface area contributed by atoms with E-state index in [0.29, 0.717) is 5.16 Å². The average Bonchev–Trinajstić information content (AvgIpc) is 2.93. The Labute approximate surface area is 126 Å². The Kier molecular flexibility index (Phi) is 4.49. The number of hydrogen-bond acceptors (Lipinski definition) is 5. The molecule has 0 bridgehead atoms. The third-order valence-corrected chi connectivity index (χ3v) is 4.23. The fraction of sp³-hybridized carbons (Fsp3) is 0.462. The molecule has 0 aliphatic carbocycles. The summed E-state index contributed by atoms with van der Waals surface area (Å²) in [5, 5.41) is 19.8. The van der Waals surface area contributed by atoms with Crippen LogP contribution < -0.4 is 0 Å². The highest BCUT2D eigenvalue weighted by atomic mass is 32.2. The van der Waals surface area contributed by atoms with E-state index in [1.54, 1.807) is 11.3 Å². The lowest BCUT2D eigenvalue weighted by atomic mass is 9.97. The van der Waals surface area contributed by atoms with Crippen LogP contribution >= 0.6 is 23.1 Å². The number of rotatable bonds is 5. The summed E-state index contributed by atoms with van der Waals surface area (Å²) in [6.45, 7) is 7.15. The highest BCUT2D eigenvalue weighted by molar-refractivity contribution is 7.99. The fourth-order valence-electron chi connectivity index (χ4n) is 1.73. The van der Waals surface area contributed by atoms with Crippen molar-refractivity contribution < 1.29 is 9.90 Å². The molecule has 108 valence electrons. The Morgan fingerprint density at radius 3 is 2.75 bits per heavy atom. The molecule has 2 aromatic heterocycles. The molecule has 1 N–H and O–H groups in total. The third-order valence-electron chi connectivity index (χ3n) is 2.42. The van der Waals surface area contributed by atoms with Gasteiger partial charge in [-0.3, -0.25) is 4.79 Å². The highest BCUT2D eigenvalue weighted by Crippen LogP contribution is 2.30. The minimum atomic E-state index is -0.849. The first kappa shape index (κ1) is 15.1. The van der Waals surface area contributed by atoms with Crippen LogP contribution in [0.2, 0.25) is 0 Å². The predicted molar refractivity (Wildman–Crippen MR) is 81.1 cm³/mol. The van der Waals surface area contributed by atoms with Gasteiger partial charge in [-0.1, -0.05) is 38.6 Å². The zero-order chi connectivity index (χ0) is 14.8. The van der Waals surface area contributed by atoms with Crippen LogP contribution in [-0.2, 0) is 11.3 Å². The summed E-state index contributed by atoms with van der Waals surface area (Å²) in [4.78, 5) is 11.8. The lowest BCUT2D eigenvalue weighted by Gasteiger charge is -2.21. The number of nitrogens with zero attached hydrogens (tertiary/aromatic N) is 3. The zero-order valence-electron chi connectivity index (χ0n) is 11.7. The summed E-state index contributed by atoms with van der Waals surface area (Å²) < 4.78 is 2.01. The van der Waals surface area contributed by atoms with E-state index >= 15 is 0 Å². The van der Waals surface area contributed by atoms with Crippen LogP contribution in [0.1, 0.15) is 20.8 Å². The summed E-state index contributed by atoms with van der Waals surface area (Å²) in [6.07, 6.45) is 0. The maximum absolute atomic E-state index is 10.7. The summed E-state index contributed by atoms with van der Waals surface area (Å²) in [7, 11) is 0. The fourth-order valence-corrected chi connectivity index (χ4v) is 3.10. The quantitative estimate of drug-likeness (QED) is 0.859. The highest BCUT2D eigenvalue weighted by Gasteiger charge is 2.21. The van der Waals surface area contributed by atoms with Gasteiger partial charge in [0.15, 0.2) is 11.0 Å². The molecule has 0 unspecified atom stereocenters. The predicted octanol–water partition coefficient (Wildman–Crippen LogP) is 3.23. The van der Waals surface area contributed by atoms with Crippen molar-refractivity contribution in [1.82, 2.24) is 14.8 Å². The molecule has 0 radical (unpaired) electrons. The van der Waals surface area contributed by atoms with Gasteiger partial charge in [-0.15, -0.1) is 21.5 Å². The van der Waals surface area contributed by atoms with Gasteiger partial charge < -0.3 is 9.67 Å². The topological polar surface area (TPSA) is 68.0 Å². The number of carboxylic acids is 1. The monoisotopic (exact) mass is 311 g/mol. The van der Waals surface area contributed by atoms with Gasteiger partial charge in [0.25, 0.3) is 0 Å². The standard InChI is InChI=1S/C13H17N3O2S2/c1-13(2,3)8-16-11(9-5-4-6-19-9)14-15-12(16)20-7-10(17)18/h4-6H,7-8H2,1-3H3,(H,17,18). The minimum Gasteiger partial charge on any atom is -0.481 e. The van der Waals surface area contributed by atoms with Gasteiger partial charge in [-0.05, 0) is 16.9 Å². The molecule has 20 heavy (non-hydrogen) atoms. The van der Waals surface area contributed by atoms with Crippen LogP contribution in [-0.4, -0.2) is 31.6 Å². The first-order valence-electron chi connectivity index (χ1n) is 6.18. The van der Waals surface area contributed by atoms with Gasteiger partial charge >= 0.3 is 5.97 Å². The van der Waals surface area contributed by atoms with Crippen molar-refractivity contribution in [1.29, 1.82) is 0 Å². The molecule has 2 aromatic rings. The summed E-state index contributed by atoms with van der Waals surface area (Å²) in [5.41, 5.74) is 0.0624. The second-order valence-electron chi connectivity index (χ2n) is 5.61. The SMILES string of the molecule is CC(C)(C)Cn1c(SCC(=O)O)nnc1-c1cccs1. The zero-order valence-corrected chi connectivity index (χ0v) is 13.3. The van der Waals surface area contributed by atoms with E-state index in [9.17, 15) is 4.79 Å². The average molecular weight is 311 g/mol. The first-order chi connectivity index (χ1) is 9.37. The number of thiophene rings is 1. The minimum absolute atomic E-state index is 0.00723. The Morgan fingerprint density at radius 2 is 2.20 bits per heavy atom. The molecule has 7 heteroatoms. The number of thioether (sulfide) groups is 1. The van der Waals surface area contributed by atoms with Crippen molar-refractivity contribution in [2.45, 2.75) is 32.5 Å². The maximum Gasteiger partial charge on any atom is 0.313 e. The Bertz CT molecular complexity index is 585. The van der Waals surface area contributed by atoms with Crippen molar-refractivity contribution in [3.05, 3.63) is 17.5 Å². The second kappa shape index (κ2) is 5.97. The largest absolute Gasteiger partial charge is 0.481 e. The molecule has 0 saturated carbocycles. The molecule has 0 fully saturated rings. The van der Waals surface area contributed by atoms with Crippen LogP contribution in [0.3, 0.4) is 0 Å². The van der Waals surface area contributed by atoms with Crippen LogP contribution in [0.25, 0.3) is 10.7 Å². The lowest BCUT2D eigenvalue weighted by molar-refractivity contribution is -0.133. The summed E-state index contributed by atoms with van der Waals surface area (Å²) in [6, 6.07) is 3.97. The molecule has 5 nitrogen and oxygen atoms in total. The van der Waals surface area contributed by atoms with Gasteiger partial charge in [-0.2, -0.15) is 0 Å². The third kappa shape index (κ3) is 3.83. The van der Waals surface area contributed by atoms with Crippen molar-refractivity contribution in [2.75, 3.05) is 5.75 Å². The van der Waals surface area contributed by atoms with Crippen molar-refractivity contribution in [3.63, 3.8) is 0 Å². The Morgan fingerprint density at radius 1 is 1.45 bits per heavy atom. The molecular formula is C13H17N3O2S2. The van der Waals surface area contributed by atoms with Crippen LogP contribution in [0.15, 0.2) is 22.7 Å². The van der Waals surface area contributed by atoms with Gasteiger partial charge in [0.2, 0.25) is 0 Å². The maximum atomic E-state index is 10.7. The van der Waals surface area contributed by atoms with Crippen LogP contribution in [0.5, 0.6) is 0 Å². The Hall–Kier alpha value is -1.34. The van der Waals surface area contributed by atoms with Gasteiger partial charge in [0.1, 0.15) is 0 Å². The lowest BCUT2D eigenvalue weighted by Crippen LogP contribution is -2.17. The van der Waals surface area contributed by atoms with Gasteiger partial charge in [0, 0.05) is 6.54 Å². The molecule has 0 aromatic carbocycles. The van der Waals surface area contributed by atoms with E-state index in [-0.39, 0.29) is 11.2 Å². The van der Waals surface area contributed by atoms with Crippen LogP contribution in [0, 0.1) is 5.41 Å². The van der Waals surface area contributed by atoms with E-state index in [0.717, 1.165) is 17.2 Å².